The summed E-state index contributed by atoms with van der Waals surface area (Å²) in [6.45, 7) is 8.29. The molecule has 148 valence electrons. The molecule has 29 heavy (non-hydrogen) atoms. The molecular weight excluding hydrogens is 359 g/mol. The van der Waals surface area contributed by atoms with Crippen molar-refractivity contribution in [3.63, 3.8) is 0 Å². The van der Waals surface area contributed by atoms with Crippen molar-refractivity contribution in [1.29, 1.82) is 0 Å². The molecule has 5 heteroatoms. The van der Waals surface area contributed by atoms with E-state index in [2.05, 4.69) is 56.5 Å². The number of rotatable bonds is 5. The highest BCUT2D eigenvalue weighted by Gasteiger charge is 2.51. The van der Waals surface area contributed by atoms with Crippen LogP contribution in [0.2, 0.25) is 0 Å². The van der Waals surface area contributed by atoms with Crippen LogP contribution in [-0.2, 0) is 9.31 Å². The molecule has 3 aromatic rings. The fourth-order valence-corrected chi connectivity index (χ4v) is 3.29. The van der Waals surface area contributed by atoms with E-state index in [1.165, 1.54) is 0 Å². The summed E-state index contributed by atoms with van der Waals surface area (Å²) in [6.07, 6.45) is 0. The zero-order valence-electron chi connectivity index (χ0n) is 17.4. The largest absolute Gasteiger partial charge is 0.494 e. The van der Waals surface area contributed by atoms with Crippen LogP contribution in [0.3, 0.4) is 0 Å². The van der Waals surface area contributed by atoms with E-state index in [-0.39, 0.29) is 11.2 Å². The van der Waals surface area contributed by atoms with Gasteiger partial charge in [-0.15, -0.1) is 0 Å². The van der Waals surface area contributed by atoms with Gasteiger partial charge in [-0.05, 0) is 75.6 Å². The highest BCUT2D eigenvalue weighted by Crippen LogP contribution is 2.37. The predicted octanol–water partition coefficient (Wildman–Crippen LogP) is 5.47. The average Bonchev–Trinajstić information content (AvgIpc) is 2.91. The number of benzene rings is 3. The molecule has 0 radical (unpaired) electrons. The summed E-state index contributed by atoms with van der Waals surface area (Å²) in [4.78, 5) is 0. The van der Waals surface area contributed by atoms with Gasteiger partial charge in [-0.1, -0.05) is 36.4 Å². The van der Waals surface area contributed by atoms with Gasteiger partial charge in [0.2, 0.25) is 0 Å². The van der Waals surface area contributed by atoms with Crippen molar-refractivity contribution >= 4 is 35.3 Å². The quantitative estimate of drug-likeness (QED) is 0.571. The van der Waals surface area contributed by atoms with Crippen LogP contribution in [0.1, 0.15) is 27.7 Å². The van der Waals surface area contributed by atoms with Crippen molar-refractivity contribution in [1.82, 2.24) is 0 Å². The molecule has 0 spiro atoms. The van der Waals surface area contributed by atoms with Gasteiger partial charge in [-0.2, -0.15) is 0 Å². The summed E-state index contributed by atoms with van der Waals surface area (Å²) in [5, 5.41) is 6.97. The first-order valence-corrected chi connectivity index (χ1v) is 9.97. The molecule has 3 aromatic carbocycles. The Morgan fingerprint density at radius 1 is 0.586 bits per heavy atom. The summed E-state index contributed by atoms with van der Waals surface area (Å²) in [5.41, 5.74) is 4.22. The van der Waals surface area contributed by atoms with E-state index in [0.29, 0.717) is 0 Å². The van der Waals surface area contributed by atoms with Gasteiger partial charge in [-0.3, -0.25) is 0 Å². The van der Waals surface area contributed by atoms with Crippen molar-refractivity contribution in [3.05, 3.63) is 78.9 Å². The molecule has 0 saturated carbocycles. The lowest BCUT2D eigenvalue weighted by Crippen LogP contribution is -2.41. The van der Waals surface area contributed by atoms with Crippen molar-refractivity contribution in [2.24, 2.45) is 0 Å². The van der Waals surface area contributed by atoms with Crippen LogP contribution in [0.5, 0.6) is 0 Å². The zero-order chi connectivity index (χ0) is 20.5. The van der Waals surface area contributed by atoms with Crippen molar-refractivity contribution in [3.8, 4) is 0 Å². The molecule has 0 bridgehead atoms. The van der Waals surface area contributed by atoms with E-state index in [9.17, 15) is 0 Å². The Hall–Kier alpha value is -2.76. The van der Waals surface area contributed by atoms with Gasteiger partial charge in [0.05, 0.1) is 11.2 Å². The van der Waals surface area contributed by atoms with Gasteiger partial charge in [0, 0.05) is 22.7 Å². The maximum Gasteiger partial charge on any atom is 0.494 e. The van der Waals surface area contributed by atoms with Crippen LogP contribution in [0.4, 0.5) is 22.7 Å². The second kappa shape index (κ2) is 7.58. The van der Waals surface area contributed by atoms with E-state index >= 15 is 0 Å². The highest BCUT2D eigenvalue weighted by molar-refractivity contribution is 6.62. The highest BCUT2D eigenvalue weighted by atomic mass is 16.7. The number of anilines is 4. The third kappa shape index (κ3) is 4.31. The maximum absolute atomic E-state index is 6.28. The Morgan fingerprint density at radius 3 is 1.41 bits per heavy atom. The van der Waals surface area contributed by atoms with Crippen molar-refractivity contribution < 1.29 is 9.31 Å². The molecule has 1 saturated heterocycles. The lowest BCUT2D eigenvalue weighted by atomic mass is 9.78. The summed E-state index contributed by atoms with van der Waals surface area (Å²) >= 11 is 0. The van der Waals surface area contributed by atoms with E-state index < -0.39 is 7.12 Å². The molecule has 0 unspecified atom stereocenters. The van der Waals surface area contributed by atoms with Crippen LogP contribution >= 0.6 is 0 Å². The maximum atomic E-state index is 6.28. The Bertz CT molecular complexity index is 899. The second-order valence-electron chi connectivity index (χ2n) is 8.41. The standard InChI is InChI=1S/C24H27BN2O2/c1-23(2)24(3,4)29-25(28-23)18-15-21(26-19-11-7-5-8-12-19)17-22(16-18)27-20-13-9-6-10-14-20/h5-17,26-27H,1-4H3. The molecule has 1 aliphatic rings. The van der Waals surface area contributed by atoms with E-state index in [1.54, 1.807) is 0 Å². The van der Waals surface area contributed by atoms with Crippen LogP contribution in [0.25, 0.3) is 0 Å². The molecule has 2 N–H and O–H groups in total. The third-order valence-corrected chi connectivity index (χ3v) is 5.61. The van der Waals surface area contributed by atoms with Crippen LogP contribution < -0.4 is 16.1 Å². The Labute approximate surface area is 173 Å². The summed E-state index contributed by atoms with van der Waals surface area (Å²) in [6, 6.07) is 26.5. The lowest BCUT2D eigenvalue weighted by molar-refractivity contribution is 0.00578. The monoisotopic (exact) mass is 386 g/mol. The minimum absolute atomic E-state index is 0.381. The zero-order valence-corrected chi connectivity index (χ0v) is 17.4. The average molecular weight is 386 g/mol. The molecule has 0 amide bonds. The Morgan fingerprint density at radius 2 is 1.00 bits per heavy atom. The second-order valence-corrected chi connectivity index (χ2v) is 8.41. The van der Waals surface area contributed by atoms with Gasteiger partial charge in [-0.25, -0.2) is 0 Å². The third-order valence-electron chi connectivity index (χ3n) is 5.61. The van der Waals surface area contributed by atoms with Gasteiger partial charge in [0.25, 0.3) is 0 Å². The van der Waals surface area contributed by atoms with Crippen LogP contribution in [-0.4, -0.2) is 18.3 Å². The molecular formula is C24H27BN2O2. The normalized spacial score (nSPS) is 17.2. The Balaban J connectivity index is 1.68. The predicted molar refractivity (Wildman–Crippen MR) is 122 cm³/mol. The number of hydrogen-bond donors (Lipinski definition) is 2. The van der Waals surface area contributed by atoms with Gasteiger partial charge >= 0.3 is 7.12 Å². The first-order chi connectivity index (χ1) is 13.8. The van der Waals surface area contributed by atoms with Crippen molar-refractivity contribution in [2.75, 3.05) is 10.6 Å². The SMILES string of the molecule is CC1(C)OB(c2cc(Nc3ccccc3)cc(Nc3ccccc3)c2)OC1(C)C. The summed E-state index contributed by atoms with van der Waals surface area (Å²) in [7, 11) is -0.422. The molecule has 4 nitrogen and oxygen atoms in total. The minimum atomic E-state index is -0.422. The summed E-state index contributed by atoms with van der Waals surface area (Å²) in [5.74, 6) is 0. The number of hydrogen-bond acceptors (Lipinski definition) is 4. The molecule has 0 atom stereocenters. The number of nitrogens with one attached hydrogen (secondary N) is 2. The first-order valence-electron chi connectivity index (χ1n) is 9.97. The smallest absolute Gasteiger partial charge is 0.399 e. The molecule has 1 fully saturated rings. The van der Waals surface area contributed by atoms with Crippen LogP contribution in [0.15, 0.2) is 78.9 Å². The van der Waals surface area contributed by atoms with E-state index in [4.69, 9.17) is 9.31 Å². The molecule has 1 aliphatic heterocycles. The lowest BCUT2D eigenvalue weighted by Gasteiger charge is -2.32. The minimum Gasteiger partial charge on any atom is -0.399 e. The summed E-state index contributed by atoms with van der Waals surface area (Å²) < 4.78 is 12.6. The van der Waals surface area contributed by atoms with E-state index in [1.807, 2.05) is 60.7 Å². The molecule has 0 aromatic heterocycles. The molecule has 1 heterocycles. The Kier molecular flexibility index (Phi) is 5.11. The molecule has 0 aliphatic carbocycles. The fraction of sp³-hybridized carbons (Fsp3) is 0.250. The van der Waals surface area contributed by atoms with Crippen molar-refractivity contribution in [2.45, 2.75) is 38.9 Å². The topological polar surface area (TPSA) is 42.5 Å². The van der Waals surface area contributed by atoms with E-state index in [0.717, 1.165) is 28.2 Å². The van der Waals surface area contributed by atoms with Crippen LogP contribution in [0, 0.1) is 0 Å². The van der Waals surface area contributed by atoms with Gasteiger partial charge in [0.1, 0.15) is 0 Å². The molecule has 4 rings (SSSR count). The van der Waals surface area contributed by atoms with Gasteiger partial charge in [0.15, 0.2) is 0 Å². The fourth-order valence-electron chi connectivity index (χ4n) is 3.29. The first kappa shape index (κ1) is 19.6. The number of para-hydroxylation sites is 2. The van der Waals surface area contributed by atoms with Gasteiger partial charge < -0.3 is 19.9 Å².